The topological polar surface area (TPSA) is 18.5 Å². The van der Waals surface area contributed by atoms with Gasteiger partial charge < -0.3 is 0 Å². The molecule has 0 saturated heterocycles. The van der Waals surface area contributed by atoms with Crippen LogP contribution in [0.2, 0.25) is 0 Å². The molecule has 6 heteroatoms. The predicted molar refractivity (Wildman–Crippen MR) is 13.2 cm³/mol. The number of ether oxygens (including phenoxy) is 1. The standard InChI is InChI=1S/C2F3O2.Cf/c3-1-7-2(4,5)6;/q-1;+1. The van der Waals surface area contributed by atoms with Crippen LogP contribution in [0.4, 0.5) is 13.2 Å². The molecule has 1 aliphatic rings. The van der Waals surface area contributed by atoms with Crippen LogP contribution in [-0.4, -0.2) is 13.2 Å². The van der Waals surface area contributed by atoms with Gasteiger partial charge in [0.05, 0.1) is 0 Å². The Labute approximate surface area is 37.5 Å². The van der Waals surface area contributed by atoms with Crippen molar-refractivity contribution in [2.45, 2.75) is 6.29 Å². The average Bonchev–Trinajstić information content (AvgIpc) is 1.82. The fourth-order valence-electron chi connectivity index (χ4n) is 0.172. The van der Waals surface area contributed by atoms with E-state index in [0.717, 1.165) is 0 Å². The predicted octanol–water partition coefficient (Wildman–Crippen LogP) is 0.640. The van der Waals surface area contributed by atoms with E-state index in [4.69, 9.17) is 0 Å². The summed E-state index contributed by atoms with van der Waals surface area (Å²) in [5.74, 6) is 0. The Balaban J connectivity index is 2.55. The Morgan fingerprint density at radius 3 is 2.25 bits per heavy atom. The molecule has 51 valence electrons. The summed E-state index contributed by atoms with van der Waals surface area (Å²) in [6, 6.07) is 0. The van der Waals surface area contributed by atoms with Crippen molar-refractivity contribution < 1.29 is 23.0 Å². The second-order valence-electron chi connectivity index (χ2n) is 0.896. The van der Waals surface area contributed by atoms with Crippen LogP contribution in [-0.2, 0) is 9.84 Å². The van der Waals surface area contributed by atoms with Gasteiger partial charge in [-0.2, -0.15) is 0 Å². The molecule has 1 aliphatic heterocycles. The van der Waals surface area contributed by atoms with Crippen molar-refractivity contribution in [3.8, 4) is 0 Å². The van der Waals surface area contributed by atoms with Gasteiger partial charge in [-0.3, -0.25) is 0 Å². The maximum absolute atomic E-state index is 11.6. The molecular formula is C2CfF3O2. The van der Waals surface area contributed by atoms with Crippen LogP contribution in [0.15, 0.2) is 0 Å². The number of rotatable bonds is 0. The van der Waals surface area contributed by atoms with E-state index in [2.05, 4.69) is 9.84 Å². The molecule has 2 nitrogen and oxygen atoms in total. The van der Waals surface area contributed by atoms with Gasteiger partial charge in [-0.25, -0.2) is 0 Å². The van der Waals surface area contributed by atoms with Gasteiger partial charge in [0.2, 0.25) is 0 Å². The van der Waals surface area contributed by atoms with E-state index in [9.17, 15) is 13.2 Å². The first-order chi connectivity index (χ1) is 3.60. The molecule has 0 radical (unpaired) electrons. The van der Waals surface area contributed by atoms with Gasteiger partial charge in [0.15, 0.2) is 0 Å². The van der Waals surface area contributed by atoms with Crippen molar-refractivity contribution >= 4 is 6.86 Å². The summed E-state index contributed by atoms with van der Waals surface area (Å²) in [4.78, 5) is 0. The molecule has 0 atom stereocenters. The van der Waals surface area contributed by atoms with Crippen molar-refractivity contribution in [3.05, 3.63) is 0 Å². The first-order valence-corrected chi connectivity index (χ1v) is 3.86. The molecule has 1 heterocycles. The summed E-state index contributed by atoms with van der Waals surface area (Å²) < 4.78 is 36.0. The van der Waals surface area contributed by atoms with E-state index in [1.807, 2.05) is 0 Å². The molecular weight excluding hydrogens is 364 g/mol. The number of halogens is 3. The summed E-state index contributed by atoms with van der Waals surface area (Å²) in [5, 5.41) is 3.63. The Hall–Kier alpha value is -1.42. The van der Waals surface area contributed by atoms with Crippen molar-refractivity contribution in [1.29, 1.82) is 0 Å². The van der Waals surface area contributed by atoms with Crippen LogP contribution in [0.1, 0.15) is 0 Å². The van der Waals surface area contributed by atoms with Crippen molar-refractivity contribution in [1.82, 2.24) is 0 Å². The normalized spacial score (nSPS) is 24.6. The number of hydrogen-bond donors (Lipinski definition) is 0. The molecule has 8 heavy (non-hydrogen) atoms. The average molecular weight is 364 g/mol. The molecule has 1 rings (SSSR count). The quantitative estimate of drug-likeness (QED) is 0.629. The summed E-state index contributed by atoms with van der Waals surface area (Å²) in [6.07, 6.45) is -3.68. The maximum atomic E-state index is 11.6. The molecule has 0 aromatic rings. The van der Waals surface area contributed by atoms with Crippen molar-refractivity contribution in [3.63, 3.8) is 0 Å². The van der Waals surface area contributed by atoms with E-state index >= 15 is 0 Å². The zero-order chi connectivity index (χ0) is 6.20. The minimum atomic E-state index is -3.68. The van der Waals surface area contributed by atoms with Gasteiger partial charge in [0, 0.05) is 0 Å². The Kier molecular flexibility index (Phi) is 0.619. The minimum absolute atomic E-state index is 1.13. The zero-order valence-corrected chi connectivity index (χ0v) is 5.90. The molecule has 0 fully saturated rings. The fraction of sp³-hybridized carbons (Fsp3) is 0.500. The van der Waals surface area contributed by atoms with Gasteiger partial charge in [0.1, 0.15) is 0 Å². The van der Waals surface area contributed by atoms with E-state index in [0.29, 0.717) is 0 Å². The summed E-state index contributed by atoms with van der Waals surface area (Å²) in [6.45, 7) is -1.13. The van der Waals surface area contributed by atoms with Crippen LogP contribution in [0.3, 0.4) is 0 Å². The zero-order valence-electron chi connectivity index (χ0n) is 3.27. The number of alkyl halides is 2. The van der Waals surface area contributed by atoms with Crippen LogP contribution < -0.4 is 0 Å². The second-order valence-corrected chi connectivity index (χ2v) is 3.01. The van der Waals surface area contributed by atoms with Crippen LogP contribution in [0, 0.1) is 0 Å². The number of hydrogen-bond acceptors (Lipinski definition) is 2. The van der Waals surface area contributed by atoms with E-state index in [1.54, 1.807) is 0 Å². The Morgan fingerprint density at radius 2 is 2.12 bits per heavy atom. The van der Waals surface area contributed by atoms with E-state index in [-0.39, 0.29) is 0 Å². The second kappa shape index (κ2) is 1.05. The molecule has 0 spiro atoms. The van der Waals surface area contributed by atoms with Gasteiger partial charge in [-0.05, 0) is 0 Å². The molecule has 0 aliphatic carbocycles. The van der Waals surface area contributed by atoms with Gasteiger partial charge in [-0.1, -0.05) is 0 Å². The van der Waals surface area contributed by atoms with Gasteiger partial charge in [0.25, 0.3) is 0 Å². The Morgan fingerprint density at radius 1 is 1.50 bits per heavy atom. The molecule has 0 aromatic carbocycles. The van der Waals surface area contributed by atoms with Crippen LogP contribution >= 0.6 is 0 Å². The third kappa shape index (κ3) is 0.640. The van der Waals surface area contributed by atoms with E-state index < -0.39 is 13.2 Å². The molecule has 0 N–H and O–H groups in total. The third-order valence-electron chi connectivity index (χ3n) is 0.348. The van der Waals surface area contributed by atoms with Gasteiger partial charge >= 0.3 is 36.2 Å². The first kappa shape index (κ1) is 4.73. The van der Waals surface area contributed by atoms with Gasteiger partial charge in [-0.15, -0.1) is 0 Å². The molecule has 0 aromatic heterocycles. The van der Waals surface area contributed by atoms with E-state index in [1.165, 1.54) is 0 Å². The molecule has 0 unspecified atom stereocenters. The molecule has 0 saturated carbocycles. The fourth-order valence-corrected chi connectivity index (χ4v) is 1.23. The molecule has 0 bridgehead atoms. The summed E-state index contributed by atoms with van der Waals surface area (Å²) in [5.41, 5.74) is 0. The monoisotopic (exact) mass is 362 g/mol. The first-order valence-electron chi connectivity index (χ1n) is 1.47. The summed E-state index contributed by atoms with van der Waals surface area (Å²) in [7, 11) is 0. The van der Waals surface area contributed by atoms with Crippen molar-refractivity contribution in [2.24, 2.45) is 0 Å². The SMILES string of the molecule is F[C]1=[Cf][O]C(F)(F)O1. The van der Waals surface area contributed by atoms with Crippen LogP contribution in [0.5, 0.6) is 0 Å². The Bertz CT molecular complexity index is 133. The third-order valence-corrected chi connectivity index (χ3v) is 1.93. The van der Waals surface area contributed by atoms with Crippen molar-refractivity contribution in [2.75, 3.05) is 0 Å². The molecule has 0 amide bonds. The summed E-state index contributed by atoms with van der Waals surface area (Å²) >= 11 is 0. The van der Waals surface area contributed by atoms with Crippen LogP contribution in [0.25, 0.3) is 0 Å².